The summed E-state index contributed by atoms with van der Waals surface area (Å²) in [4.78, 5) is 35.4. The van der Waals surface area contributed by atoms with Gasteiger partial charge in [-0.2, -0.15) is 13.2 Å². The quantitative estimate of drug-likeness (QED) is 0.722. The summed E-state index contributed by atoms with van der Waals surface area (Å²) in [6, 6.07) is 3.04. The number of imidazole rings is 1. The van der Waals surface area contributed by atoms with Crippen LogP contribution >= 0.6 is 0 Å². The molecule has 4 heterocycles. The minimum atomic E-state index is -4.25. The van der Waals surface area contributed by atoms with E-state index in [0.717, 1.165) is 18.4 Å². The third kappa shape index (κ3) is 5.69. The molecule has 2 N–H and O–H groups in total. The average molecular weight is 469 g/mol. The number of urea groups is 1. The van der Waals surface area contributed by atoms with Crippen molar-refractivity contribution in [2.45, 2.75) is 57.3 Å². The van der Waals surface area contributed by atoms with Crippen molar-refractivity contribution in [2.75, 3.05) is 32.7 Å². The lowest BCUT2D eigenvalue weighted by atomic mass is 9.99. The highest BCUT2D eigenvalue weighted by molar-refractivity contribution is 5.74. The highest BCUT2D eigenvalue weighted by Gasteiger charge is 2.35. The fraction of sp³-hybridized carbons (Fsp3) is 0.682. The summed E-state index contributed by atoms with van der Waals surface area (Å²) in [6.45, 7) is 2.61. The Morgan fingerprint density at radius 1 is 1.21 bits per heavy atom. The third-order valence-electron chi connectivity index (χ3n) is 6.83. The lowest BCUT2D eigenvalue weighted by Crippen LogP contribution is -2.51. The number of hydrogen-bond acceptors (Lipinski definition) is 4. The van der Waals surface area contributed by atoms with Gasteiger partial charge in [-0.15, -0.1) is 0 Å². The predicted molar refractivity (Wildman–Crippen MR) is 118 cm³/mol. The number of H-pyrrole nitrogens is 1. The zero-order valence-electron chi connectivity index (χ0n) is 18.8. The molecule has 2 aliphatic rings. The number of aromatic amines is 1. The van der Waals surface area contributed by atoms with Crippen molar-refractivity contribution in [3.8, 4) is 0 Å². The topological polar surface area (TPSA) is 86.3 Å². The lowest BCUT2D eigenvalue weighted by molar-refractivity contribution is -0.147. The predicted octanol–water partition coefficient (Wildman–Crippen LogP) is 3.12. The van der Waals surface area contributed by atoms with Gasteiger partial charge in [0.15, 0.2) is 5.65 Å². The Morgan fingerprint density at radius 2 is 1.97 bits per heavy atom. The number of alkyl halides is 3. The summed E-state index contributed by atoms with van der Waals surface area (Å²) in [5.74, 6) is 0.203. The number of amides is 2. The van der Waals surface area contributed by atoms with Gasteiger partial charge in [0.2, 0.25) is 0 Å². The van der Waals surface area contributed by atoms with E-state index < -0.39 is 12.7 Å². The van der Waals surface area contributed by atoms with Gasteiger partial charge in [0.05, 0.1) is 12.1 Å². The number of halogens is 3. The SMILES string of the molecule is CCC1CCC(NC(=O)N2CCC(n3c(=O)[nH]c4ncccc43)CC2)CN(CC(F)(F)F)C1. The first-order valence-electron chi connectivity index (χ1n) is 11.6. The molecule has 8 nitrogen and oxygen atoms in total. The average Bonchev–Trinajstić information content (AvgIpc) is 2.98. The number of nitrogens with zero attached hydrogens (tertiary/aromatic N) is 4. The maximum atomic E-state index is 13.0. The molecule has 33 heavy (non-hydrogen) atoms. The first-order valence-corrected chi connectivity index (χ1v) is 11.6. The minimum Gasteiger partial charge on any atom is -0.334 e. The number of nitrogens with one attached hydrogen (secondary N) is 2. The van der Waals surface area contributed by atoms with E-state index >= 15 is 0 Å². The zero-order chi connectivity index (χ0) is 23.6. The third-order valence-corrected chi connectivity index (χ3v) is 6.83. The summed E-state index contributed by atoms with van der Waals surface area (Å²) in [5.41, 5.74) is 1.09. The van der Waals surface area contributed by atoms with Crippen LogP contribution in [0.25, 0.3) is 11.2 Å². The highest BCUT2D eigenvalue weighted by atomic mass is 19.4. The van der Waals surface area contributed by atoms with E-state index in [-0.39, 0.29) is 36.3 Å². The van der Waals surface area contributed by atoms with E-state index in [4.69, 9.17) is 0 Å². The van der Waals surface area contributed by atoms with Crippen LogP contribution < -0.4 is 11.0 Å². The van der Waals surface area contributed by atoms with Crippen LogP contribution in [0.5, 0.6) is 0 Å². The number of rotatable bonds is 4. The molecule has 0 aliphatic carbocycles. The van der Waals surface area contributed by atoms with Crippen molar-refractivity contribution in [1.29, 1.82) is 0 Å². The summed E-state index contributed by atoms with van der Waals surface area (Å²) in [7, 11) is 0. The molecule has 0 bridgehead atoms. The molecule has 11 heteroatoms. The molecule has 0 spiro atoms. The van der Waals surface area contributed by atoms with Gasteiger partial charge in [0, 0.05) is 44.5 Å². The summed E-state index contributed by atoms with van der Waals surface area (Å²) in [6.07, 6.45) is 0.917. The van der Waals surface area contributed by atoms with Gasteiger partial charge in [-0.05, 0) is 43.7 Å². The lowest BCUT2D eigenvalue weighted by Gasteiger charge is -2.34. The monoisotopic (exact) mass is 468 g/mol. The molecular formula is C22H31F3N6O2. The second-order valence-corrected chi connectivity index (χ2v) is 9.20. The van der Waals surface area contributed by atoms with E-state index in [2.05, 4.69) is 15.3 Å². The van der Waals surface area contributed by atoms with Crippen LogP contribution in [0.4, 0.5) is 18.0 Å². The maximum absolute atomic E-state index is 13.0. The standard InChI is InChI=1S/C22H31F3N6O2/c1-2-15-5-6-16(13-29(12-15)14-22(23,24)25)27-20(32)30-10-7-17(8-11-30)31-18-4-3-9-26-19(18)28-21(31)33/h3-4,9,15-17H,2,5-8,10-14H2,1H3,(H,27,32)(H,26,28,33). The Hall–Kier alpha value is -2.56. The number of piperidine rings is 1. The molecule has 0 aromatic carbocycles. The van der Waals surface area contributed by atoms with Crippen molar-refractivity contribution in [3.05, 3.63) is 28.8 Å². The number of likely N-dealkylation sites (tertiary alicyclic amines) is 2. The molecular weight excluding hydrogens is 437 g/mol. The summed E-state index contributed by atoms with van der Waals surface area (Å²) < 4.78 is 40.7. The Kier molecular flexibility index (Phi) is 6.96. The molecule has 4 rings (SSSR count). The number of carbonyl (C=O) groups is 1. The Morgan fingerprint density at radius 3 is 2.67 bits per heavy atom. The van der Waals surface area contributed by atoms with E-state index in [1.807, 2.05) is 13.0 Å². The number of fused-ring (bicyclic) bond motifs is 1. The van der Waals surface area contributed by atoms with Crippen LogP contribution in [0, 0.1) is 5.92 Å². The molecule has 2 aromatic heterocycles. The van der Waals surface area contributed by atoms with Gasteiger partial charge in [0.25, 0.3) is 0 Å². The molecule has 2 saturated heterocycles. The van der Waals surface area contributed by atoms with Crippen LogP contribution in [-0.2, 0) is 0 Å². The van der Waals surface area contributed by atoms with Crippen molar-refractivity contribution < 1.29 is 18.0 Å². The van der Waals surface area contributed by atoms with Crippen LogP contribution in [0.3, 0.4) is 0 Å². The van der Waals surface area contributed by atoms with Crippen molar-refractivity contribution in [1.82, 2.24) is 29.7 Å². The van der Waals surface area contributed by atoms with Crippen LogP contribution in [0.1, 0.15) is 45.1 Å². The van der Waals surface area contributed by atoms with E-state index in [1.54, 1.807) is 21.7 Å². The smallest absolute Gasteiger partial charge is 0.334 e. The van der Waals surface area contributed by atoms with Gasteiger partial charge in [-0.25, -0.2) is 14.6 Å². The molecule has 0 saturated carbocycles. The van der Waals surface area contributed by atoms with Crippen LogP contribution in [-0.4, -0.2) is 75.3 Å². The molecule has 2 unspecified atom stereocenters. The summed E-state index contributed by atoms with van der Waals surface area (Å²) >= 11 is 0. The Labute approximate surface area is 190 Å². The van der Waals surface area contributed by atoms with Crippen molar-refractivity contribution in [3.63, 3.8) is 0 Å². The minimum absolute atomic E-state index is 0.0371. The molecule has 2 atom stereocenters. The second-order valence-electron chi connectivity index (χ2n) is 9.20. The van der Waals surface area contributed by atoms with Crippen LogP contribution in [0.2, 0.25) is 0 Å². The fourth-order valence-corrected chi connectivity index (χ4v) is 5.12. The van der Waals surface area contributed by atoms with Gasteiger partial charge >= 0.3 is 17.9 Å². The van der Waals surface area contributed by atoms with E-state index in [0.29, 0.717) is 44.5 Å². The first-order chi connectivity index (χ1) is 15.7. The normalized spacial score (nSPS) is 23.6. The Balaban J connectivity index is 1.35. The highest BCUT2D eigenvalue weighted by Crippen LogP contribution is 2.26. The molecule has 2 aromatic rings. The first kappa shape index (κ1) is 23.6. The number of carbonyl (C=O) groups excluding carboxylic acids is 1. The van der Waals surface area contributed by atoms with Crippen molar-refractivity contribution >= 4 is 17.2 Å². The molecule has 2 amide bonds. The van der Waals surface area contributed by atoms with Crippen LogP contribution in [0.15, 0.2) is 23.1 Å². The van der Waals surface area contributed by atoms with E-state index in [1.165, 1.54) is 4.90 Å². The fourth-order valence-electron chi connectivity index (χ4n) is 5.12. The Bertz CT molecular complexity index is 1010. The molecule has 0 radical (unpaired) electrons. The molecule has 182 valence electrons. The van der Waals surface area contributed by atoms with Gasteiger partial charge in [0.1, 0.15) is 0 Å². The molecule has 2 aliphatic heterocycles. The number of aromatic nitrogens is 3. The van der Waals surface area contributed by atoms with Gasteiger partial charge in [-0.3, -0.25) is 14.5 Å². The zero-order valence-corrected chi connectivity index (χ0v) is 18.8. The largest absolute Gasteiger partial charge is 0.401 e. The van der Waals surface area contributed by atoms with Gasteiger partial charge < -0.3 is 10.2 Å². The maximum Gasteiger partial charge on any atom is 0.401 e. The summed E-state index contributed by atoms with van der Waals surface area (Å²) in [5, 5.41) is 2.97. The number of hydrogen-bond donors (Lipinski definition) is 2. The number of pyridine rings is 1. The van der Waals surface area contributed by atoms with Crippen molar-refractivity contribution in [2.24, 2.45) is 5.92 Å². The second kappa shape index (κ2) is 9.74. The van der Waals surface area contributed by atoms with Gasteiger partial charge in [-0.1, -0.05) is 13.3 Å². The van der Waals surface area contributed by atoms with E-state index in [9.17, 15) is 22.8 Å². The molecule has 2 fully saturated rings.